The summed E-state index contributed by atoms with van der Waals surface area (Å²) in [5.74, 6) is -0.468. The summed E-state index contributed by atoms with van der Waals surface area (Å²) in [5.41, 5.74) is 8.18. The molecule has 0 bridgehead atoms. The molecule has 0 N–H and O–H groups in total. The Labute approximate surface area is 302 Å². The molecule has 4 aromatic rings. The van der Waals surface area contributed by atoms with Gasteiger partial charge in [-0.2, -0.15) is 0 Å². The van der Waals surface area contributed by atoms with Crippen molar-refractivity contribution in [2.75, 3.05) is 4.90 Å². The van der Waals surface area contributed by atoms with E-state index in [0.717, 1.165) is 37.1 Å². The first-order valence-electron chi connectivity index (χ1n) is 16.7. The minimum atomic E-state index is -0.497. The van der Waals surface area contributed by atoms with Crippen LogP contribution in [-0.4, -0.2) is 11.6 Å². The molecule has 4 aromatic carbocycles. The summed E-state index contributed by atoms with van der Waals surface area (Å²) >= 11 is 25.7. The molecule has 0 amide bonds. The maximum Gasteiger partial charge on any atom is 0.199 e. The van der Waals surface area contributed by atoms with E-state index in [9.17, 15) is 9.59 Å². The first kappa shape index (κ1) is 33.4. The maximum atomic E-state index is 13.9. The van der Waals surface area contributed by atoms with Crippen molar-refractivity contribution < 1.29 is 9.59 Å². The molecule has 1 aliphatic heterocycles. The molecule has 7 rings (SSSR count). The third-order valence-corrected chi connectivity index (χ3v) is 12.3. The van der Waals surface area contributed by atoms with Gasteiger partial charge in [0.25, 0.3) is 0 Å². The second-order valence-electron chi connectivity index (χ2n) is 14.1. The number of ketones is 2. The van der Waals surface area contributed by atoms with Crippen LogP contribution in [0, 0.1) is 6.92 Å². The molecule has 0 saturated heterocycles. The van der Waals surface area contributed by atoms with E-state index in [1.54, 1.807) is 6.08 Å². The van der Waals surface area contributed by atoms with E-state index in [2.05, 4.69) is 88.0 Å². The fourth-order valence-electron chi connectivity index (χ4n) is 8.25. The van der Waals surface area contributed by atoms with Gasteiger partial charge in [-0.05, 0) is 77.3 Å². The van der Waals surface area contributed by atoms with Gasteiger partial charge in [0.15, 0.2) is 11.6 Å². The number of rotatable bonds is 4. The number of hydrogen-bond donors (Lipinski definition) is 0. The van der Waals surface area contributed by atoms with Gasteiger partial charge in [-0.25, -0.2) is 0 Å². The van der Waals surface area contributed by atoms with Gasteiger partial charge in [0.05, 0.1) is 48.2 Å². The minimum Gasteiger partial charge on any atom is -0.312 e. The number of anilines is 2. The van der Waals surface area contributed by atoms with Crippen LogP contribution in [0.15, 0.2) is 72.0 Å². The average Bonchev–Trinajstić information content (AvgIpc) is 3.47. The predicted octanol–water partition coefficient (Wildman–Crippen LogP) is 13.3. The molecular formula is C41H37Cl4NO2. The number of allylic oxidation sites excluding steroid dienone is 4. The molecule has 2 aliphatic carbocycles. The normalized spacial score (nSPS) is 17.9. The molecule has 7 heteroatoms. The standard InChI is InChI=1S/C41H37Cl4NO2/c1-21(2)25-10-9-11-26(22(3)4)38(25)46-29-16-13-24-20-23(5)12-14-27(24)33(29)41(18-7-6-8-19-41)30(46)17-15-28-39(47)31-32(40(28)48)35(43)37(45)36(44)34(31)42/h9-17,20-22H,6-8,18-19H2,1-5H3/b30-17+. The van der Waals surface area contributed by atoms with Gasteiger partial charge in [-0.1, -0.05) is 141 Å². The second-order valence-corrected chi connectivity index (χ2v) is 15.6. The number of carbonyl (C=O) groups excluding carboxylic acids is 2. The summed E-state index contributed by atoms with van der Waals surface area (Å²) in [6.07, 6.45) is 8.96. The number of halogens is 4. The van der Waals surface area contributed by atoms with Crippen molar-refractivity contribution in [1.82, 2.24) is 0 Å². The molecule has 246 valence electrons. The Morgan fingerprint density at radius 1 is 0.729 bits per heavy atom. The quantitative estimate of drug-likeness (QED) is 0.0913. The summed E-state index contributed by atoms with van der Waals surface area (Å²) in [7, 11) is 0. The lowest BCUT2D eigenvalue weighted by molar-refractivity contribution is 0.0989. The van der Waals surface area contributed by atoms with Crippen molar-refractivity contribution in [3.63, 3.8) is 0 Å². The Kier molecular flexibility index (Phi) is 8.60. The van der Waals surface area contributed by atoms with Crippen molar-refractivity contribution in [2.24, 2.45) is 0 Å². The van der Waals surface area contributed by atoms with Gasteiger partial charge >= 0.3 is 0 Å². The van der Waals surface area contributed by atoms with Crippen molar-refractivity contribution in [3.8, 4) is 0 Å². The zero-order chi connectivity index (χ0) is 34.2. The minimum absolute atomic E-state index is 0.00297. The lowest BCUT2D eigenvalue weighted by atomic mass is 9.67. The molecule has 1 fully saturated rings. The maximum absolute atomic E-state index is 13.9. The zero-order valence-electron chi connectivity index (χ0n) is 27.7. The van der Waals surface area contributed by atoms with Crippen LogP contribution in [0.5, 0.6) is 0 Å². The van der Waals surface area contributed by atoms with E-state index in [0.29, 0.717) is 0 Å². The van der Waals surface area contributed by atoms with Crippen LogP contribution in [0.1, 0.15) is 115 Å². The summed E-state index contributed by atoms with van der Waals surface area (Å²) < 4.78 is 0. The van der Waals surface area contributed by atoms with Crippen LogP contribution in [0.4, 0.5) is 11.4 Å². The van der Waals surface area contributed by atoms with Gasteiger partial charge in [0.2, 0.25) is 0 Å². The Morgan fingerprint density at radius 3 is 1.88 bits per heavy atom. The highest BCUT2D eigenvalue weighted by molar-refractivity contribution is 6.57. The van der Waals surface area contributed by atoms with Gasteiger partial charge in [-0.15, -0.1) is 0 Å². The summed E-state index contributed by atoms with van der Waals surface area (Å²) in [6.45, 7) is 11.1. The number of aryl methyl sites for hydroxylation is 1. The van der Waals surface area contributed by atoms with Crippen molar-refractivity contribution >= 4 is 80.1 Å². The number of carbonyl (C=O) groups is 2. The Balaban J connectivity index is 1.55. The predicted molar refractivity (Wildman–Crippen MR) is 202 cm³/mol. The van der Waals surface area contributed by atoms with Crippen LogP contribution < -0.4 is 4.90 Å². The smallest absolute Gasteiger partial charge is 0.199 e. The van der Waals surface area contributed by atoms with Gasteiger partial charge < -0.3 is 4.90 Å². The van der Waals surface area contributed by atoms with E-state index in [1.807, 2.05) is 6.08 Å². The van der Waals surface area contributed by atoms with Crippen LogP contribution in [-0.2, 0) is 5.41 Å². The van der Waals surface area contributed by atoms with Crippen molar-refractivity contribution in [2.45, 2.75) is 84.0 Å². The zero-order valence-corrected chi connectivity index (χ0v) is 30.8. The number of para-hydroxylation sites is 1. The lowest BCUT2D eigenvalue weighted by Crippen LogP contribution is -2.32. The van der Waals surface area contributed by atoms with Gasteiger partial charge in [-0.3, -0.25) is 9.59 Å². The lowest BCUT2D eigenvalue weighted by Gasteiger charge is -2.38. The number of hydrogen-bond acceptors (Lipinski definition) is 3. The third-order valence-electron chi connectivity index (χ3n) is 10.5. The van der Waals surface area contributed by atoms with Crippen LogP contribution in [0.25, 0.3) is 10.8 Å². The largest absolute Gasteiger partial charge is 0.312 e. The van der Waals surface area contributed by atoms with Gasteiger partial charge in [0.1, 0.15) is 0 Å². The van der Waals surface area contributed by atoms with E-state index in [-0.39, 0.29) is 54.0 Å². The highest BCUT2D eigenvalue weighted by atomic mass is 35.5. The molecule has 1 spiro atoms. The second kappa shape index (κ2) is 12.4. The third kappa shape index (κ3) is 4.91. The molecule has 0 unspecified atom stereocenters. The molecular weight excluding hydrogens is 680 g/mol. The highest BCUT2D eigenvalue weighted by Crippen LogP contribution is 2.61. The summed E-state index contributed by atoms with van der Waals surface area (Å²) in [5, 5.41) is 2.29. The fourth-order valence-corrected chi connectivity index (χ4v) is 9.27. The van der Waals surface area contributed by atoms with Crippen LogP contribution >= 0.6 is 46.4 Å². The van der Waals surface area contributed by atoms with E-state index < -0.39 is 11.6 Å². The molecule has 0 radical (unpaired) electrons. The highest BCUT2D eigenvalue weighted by Gasteiger charge is 2.50. The van der Waals surface area contributed by atoms with E-state index in [4.69, 9.17) is 46.4 Å². The number of fused-ring (bicyclic) bond motifs is 5. The van der Waals surface area contributed by atoms with Crippen LogP contribution in [0.2, 0.25) is 20.1 Å². The molecule has 1 heterocycles. The molecule has 48 heavy (non-hydrogen) atoms. The Hall–Kier alpha value is -3.08. The van der Waals surface area contributed by atoms with Gasteiger partial charge in [0, 0.05) is 11.1 Å². The van der Waals surface area contributed by atoms with E-state index >= 15 is 0 Å². The Morgan fingerprint density at radius 2 is 1.31 bits per heavy atom. The van der Waals surface area contributed by atoms with Crippen LogP contribution in [0.3, 0.4) is 0 Å². The summed E-state index contributed by atoms with van der Waals surface area (Å²) in [6, 6.07) is 17.9. The fraction of sp³-hybridized carbons (Fsp3) is 0.317. The Bertz CT molecular complexity index is 2040. The number of benzene rings is 4. The average molecular weight is 718 g/mol. The first-order valence-corrected chi connectivity index (χ1v) is 18.2. The SMILES string of the molecule is Cc1ccc2c3c(ccc2c1)N(c1c(C(C)C)cccc1C(C)C)/C(=C/C=C1C(=O)c2c(Cl)c(Cl)c(Cl)c(Cl)c2C1=O)C31CCCCC1. The van der Waals surface area contributed by atoms with Crippen molar-refractivity contribution in [1.29, 1.82) is 0 Å². The molecule has 3 nitrogen and oxygen atoms in total. The first-order chi connectivity index (χ1) is 22.9. The monoisotopic (exact) mass is 715 g/mol. The van der Waals surface area contributed by atoms with Crippen molar-refractivity contribution in [3.05, 3.63) is 125 Å². The molecule has 0 atom stereocenters. The number of Topliss-reactive ketones (excluding diaryl/α,β-unsaturated/α-hetero) is 2. The molecule has 3 aliphatic rings. The number of nitrogens with zero attached hydrogens (tertiary/aromatic N) is 1. The van der Waals surface area contributed by atoms with E-state index in [1.165, 1.54) is 45.1 Å². The summed E-state index contributed by atoms with van der Waals surface area (Å²) in [4.78, 5) is 30.3. The molecule has 1 saturated carbocycles. The molecule has 0 aromatic heterocycles. The topological polar surface area (TPSA) is 37.4 Å².